The number of nitrogens with zero attached hydrogens (tertiary/aromatic N) is 1. The van der Waals surface area contributed by atoms with Crippen LogP contribution in [0.2, 0.25) is 10.0 Å². The normalized spacial score (nSPS) is 15.7. The number of aromatic nitrogens is 1. The van der Waals surface area contributed by atoms with E-state index in [9.17, 15) is 14.4 Å². The van der Waals surface area contributed by atoms with E-state index in [0.29, 0.717) is 37.3 Å². The lowest BCUT2D eigenvalue weighted by molar-refractivity contribution is -0.135. The number of halogens is 2. The van der Waals surface area contributed by atoms with Gasteiger partial charge in [-0.1, -0.05) is 54.6 Å². The van der Waals surface area contributed by atoms with E-state index >= 15 is 0 Å². The average molecular weight is 497 g/mol. The van der Waals surface area contributed by atoms with Crippen LogP contribution in [0.3, 0.4) is 0 Å². The topological polar surface area (TPSA) is 77.4 Å². The van der Waals surface area contributed by atoms with E-state index in [2.05, 4.69) is 5.32 Å². The Morgan fingerprint density at radius 3 is 2.72 bits per heavy atom. The van der Waals surface area contributed by atoms with E-state index in [-0.39, 0.29) is 24.6 Å². The maximum Gasteiger partial charge on any atom is 0.333 e. The Balaban J connectivity index is 1.91. The zero-order valence-corrected chi connectivity index (χ0v) is 20.2. The van der Waals surface area contributed by atoms with E-state index in [1.54, 1.807) is 31.2 Å². The smallest absolute Gasteiger partial charge is 0.333 e. The Labute approximate surface area is 200 Å². The van der Waals surface area contributed by atoms with Crippen molar-refractivity contribution in [1.82, 2.24) is 9.88 Å². The number of nitrogens with one attached hydrogen (secondary N) is 1. The van der Waals surface area contributed by atoms with Crippen LogP contribution in [0.4, 0.5) is 0 Å². The third-order valence-electron chi connectivity index (χ3n) is 5.35. The van der Waals surface area contributed by atoms with E-state index in [1.807, 2.05) is 0 Å². The summed E-state index contributed by atoms with van der Waals surface area (Å²) in [6.07, 6.45) is 8.70. The number of thiazole rings is 1. The lowest BCUT2D eigenvalue weighted by Crippen LogP contribution is -2.39. The van der Waals surface area contributed by atoms with Crippen LogP contribution in [0.1, 0.15) is 44.6 Å². The minimum Gasteiger partial charge on any atom is -0.463 e. The Kier molecular flexibility index (Phi) is 8.96. The number of benzene rings is 1. The minimum atomic E-state index is -0.572. The van der Waals surface area contributed by atoms with Crippen LogP contribution >= 0.6 is 34.5 Å². The predicted octanol–water partition coefficient (Wildman–Crippen LogP) is 3.09. The SMILES string of the molecule is CCOC(=O)C=c1sc(=Cc2cccc(Cl)c2Cl)c(=O)n1CC(=O)NCC1CCCCC1. The van der Waals surface area contributed by atoms with Crippen LogP contribution in [-0.2, 0) is 20.9 Å². The predicted molar refractivity (Wildman–Crippen MR) is 129 cm³/mol. The second kappa shape index (κ2) is 11.7. The standard InChI is InChI=1S/C23H26Cl2N2O4S/c1-2-31-21(29)12-20-27(14-19(28)26-13-15-7-4-3-5-8-15)23(30)18(32-20)11-16-9-6-10-17(24)22(16)25/h6,9-12,15H,2-5,7-8,13-14H2,1H3,(H,26,28). The van der Waals surface area contributed by atoms with Crippen molar-refractivity contribution in [3.8, 4) is 0 Å². The summed E-state index contributed by atoms with van der Waals surface area (Å²) in [5.74, 6) is -0.356. The molecule has 1 N–H and O–H groups in total. The number of hydrogen-bond donors (Lipinski definition) is 1. The molecule has 1 aromatic carbocycles. The van der Waals surface area contributed by atoms with Gasteiger partial charge in [0.15, 0.2) is 0 Å². The highest BCUT2D eigenvalue weighted by Crippen LogP contribution is 2.25. The highest BCUT2D eigenvalue weighted by molar-refractivity contribution is 7.07. The molecule has 1 amide bonds. The number of amides is 1. The first kappa shape index (κ1) is 24.6. The second-order valence-corrected chi connectivity index (χ2v) is 9.54. The molecule has 2 aromatic rings. The molecule has 1 saturated carbocycles. The van der Waals surface area contributed by atoms with Crippen molar-refractivity contribution >= 4 is 58.6 Å². The van der Waals surface area contributed by atoms with Crippen molar-refractivity contribution in [2.24, 2.45) is 5.92 Å². The lowest BCUT2D eigenvalue weighted by Gasteiger charge is -2.21. The zero-order valence-electron chi connectivity index (χ0n) is 17.9. The minimum absolute atomic E-state index is 0.176. The summed E-state index contributed by atoms with van der Waals surface area (Å²) in [6, 6.07) is 5.13. The maximum atomic E-state index is 13.1. The average Bonchev–Trinajstić information content (AvgIpc) is 3.05. The lowest BCUT2D eigenvalue weighted by atomic mass is 9.89. The Bertz CT molecular complexity index is 1150. The molecule has 0 aliphatic heterocycles. The maximum absolute atomic E-state index is 13.1. The molecule has 1 fully saturated rings. The molecule has 6 nitrogen and oxygen atoms in total. The van der Waals surface area contributed by atoms with Crippen LogP contribution in [0.15, 0.2) is 23.0 Å². The van der Waals surface area contributed by atoms with Gasteiger partial charge in [0, 0.05) is 6.54 Å². The first-order valence-corrected chi connectivity index (χ1v) is 12.3. The van der Waals surface area contributed by atoms with E-state index in [1.165, 1.54) is 29.9 Å². The van der Waals surface area contributed by atoms with Gasteiger partial charge in [-0.15, -0.1) is 11.3 Å². The van der Waals surface area contributed by atoms with Gasteiger partial charge in [-0.25, -0.2) is 4.79 Å². The molecular formula is C23H26Cl2N2O4S. The fraction of sp³-hybridized carbons (Fsp3) is 0.435. The largest absolute Gasteiger partial charge is 0.463 e. The molecule has 0 bridgehead atoms. The molecule has 0 atom stereocenters. The van der Waals surface area contributed by atoms with Crippen molar-refractivity contribution in [1.29, 1.82) is 0 Å². The highest BCUT2D eigenvalue weighted by Gasteiger charge is 2.16. The molecule has 9 heteroatoms. The molecule has 1 aliphatic rings. The quantitative estimate of drug-likeness (QED) is 0.597. The third-order valence-corrected chi connectivity index (χ3v) is 7.24. The summed E-state index contributed by atoms with van der Waals surface area (Å²) in [6.45, 7) is 2.34. The van der Waals surface area contributed by atoms with Crippen molar-refractivity contribution in [3.63, 3.8) is 0 Å². The van der Waals surface area contributed by atoms with Crippen molar-refractivity contribution in [2.45, 2.75) is 45.6 Å². The second-order valence-electron chi connectivity index (χ2n) is 7.69. The molecular weight excluding hydrogens is 471 g/mol. The molecule has 172 valence electrons. The van der Waals surface area contributed by atoms with Crippen LogP contribution < -0.4 is 20.1 Å². The van der Waals surface area contributed by atoms with Crippen LogP contribution in [0, 0.1) is 5.92 Å². The summed E-state index contributed by atoms with van der Waals surface area (Å²) in [4.78, 5) is 37.7. The van der Waals surface area contributed by atoms with Crippen LogP contribution in [0.5, 0.6) is 0 Å². The molecule has 1 aliphatic carbocycles. The van der Waals surface area contributed by atoms with Gasteiger partial charge in [0.1, 0.15) is 11.2 Å². The molecule has 0 radical (unpaired) electrons. The van der Waals surface area contributed by atoms with Gasteiger partial charge in [0.25, 0.3) is 5.56 Å². The number of carbonyl (C=O) groups excluding carboxylic acids is 2. The van der Waals surface area contributed by atoms with Gasteiger partial charge in [-0.3, -0.25) is 14.2 Å². The summed E-state index contributed by atoms with van der Waals surface area (Å²) < 4.78 is 6.95. The first-order chi connectivity index (χ1) is 15.4. The Morgan fingerprint density at radius 2 is 2.00 bits per heavy atom. The van der Waals surface area contributed by atoms with Gasteiger partial charge in [0.2, 0.25) is 5.91 Å². The van der Waals surface area contributed by atoms with Crippen molar-refractivity contribution < 1.29 is 14.3 Å². The highest BCUT2D eigenvalue weighted by atomic mass is 35.5. The molecule has 1 aromatic heterocycles. The van der Waals surface area contributed by atoms with Gasteiger partial charge >= 0.3 is 5.97 Å². The van der Waals surface area contributed by atoms with E-state index < -0.39 is 5.97 Å². The molecule has 0 saturated heterocycles. The van der Waals surface area contributed by atoms with Crippen LogP contribution in [0.25, 0.3) is 12.2 Å². The van der Waals surface area contributed by atoms with Gasteiger partial charge in [-0.05, 0) is 43.4 Å². The number of esters is 1. The molecule has 32 heavy (non-hydrogen) atoms. The summed E-state index contributed by atoms with van der Waals surface area (Å²) in [5, 5.41) is 3.64. The molecule has 1 heterocycles. The summed E-state index contributed by atoms with van der Waals surface area (Å²) >= 11 is 13.4. The molecule has 3 rings (SSSR count). The molecule has 0 spiro atoms. The van der Waals surface area contributed by atoms with Crippen molar-refractivity contribution in [3.05, 3.63) is 53.4 Å². The number of ether oxygens (including phenoxy) is 1. The summed E-state index contributed by atoms with van der Waals surface area (Å²) in [5.41, 5.74) is 0.198. The summed E-state index contributed by atoms with van der Waals surface area (Å²) in [7, 11) is 0. The van der Waals surface area contributed by atoms with Crippen molar-refractivity contribution in [2.75, 3.05) is 13.2 Å². The molecule has 0 unspecified atom stereocenters. The van der Waals surface area contributed by atoms with Crippen LogP contribution in [-0.4, -0.2) is 29.6 Å². The first-order valence-electron chi connectivity index (χ1n) is 10.7. The monoisotopic (exact) mass is 496 g/mol. The fourth-order valence-electron chi connectivity index (χ4n) is 3.70. The zero-order chi connectivity index (χ0) is 23.1. The van der Waals surface area contributed by atoms with E-state index in [0.717, 1.165) is 24.2 Å². The number of rotatable bonds is 7. The Hall–Kier alpha value is -2.09. The van der Waals surface area contributed by atoms with Gasteiger partial charge < -0.3 is 10.1 Å². The third kappa shape index (κ3) is 6.47. The number of carbonyl (C=O) groups is 2. The van der Waals surface area contributed by atoms with Gasteiger partial charge in [0.05, 0.1) is 27.3 Å². The van der Waals surface area contributed by atoms with Gasteiger partial charge in [-0.2, -0.15) is 0 Å². The van der Waals surface area contributed by atoms with E-state index in [4.69, 9.17) is 27.9 Å². The fourth-order valence-corrected chi connectivity index (χ4v) is 5.08. The number of hydrogen-bond acceptors (Lipinski definition) is 5. The Morgan fingerprint density at radius 1 is 1.25 bits per heavy atom.